The van der Waals surface area contributed by atoms with Crippen LogP contribution in [0, 0.1) is 0 Å². The minimum Gasteiger partial charge on any atom is -0.479 e. The average Bonchev–Trinajstić information content (AvgIpc) is 3.42. The molecule has 0 spiro atoms. The van der Waals surface area contributed by atoms with Gasteiger partial charge in [-0.2, -0.15) is 0 Å². The number of allylic oxidation sites excluding steroid dienone is 22. The van der Waals surface area contributed by atoms with Gasteiger partial charge in [0.2, 0.25) is 0 Å². The summed E-state index contributed by atoms with van der Waals surface area (Å²) in [5.74, 6) is -3.28. The van der Waals surface area contributed by atoms with Gasteiger partial charge in [0.15, 0.2) is 24.6 Å². The zero-order valence-corrected chi connectivity index (χ0v) is 47.4. The van der Waals surface area contributed by atoms with Crippen LogP contribution in [0.15, 0.2) is 134 Å². The number of carboxylic acids is 1. The molecule has 1 saturated heterocycles. The third kappa shape index (κ3) is 41.6. The molecular weight excluding hydrogens is 973 g/mol. The first kappa shape index (κ1) is 69.9. The van der Waals surface area contributed by atoms with E-state index in [0.29, 0.717) is 25.7 Å². The van der Waals surface area contributed by atoms with Crippen LogP contribution < -0.4 is 0 Å². The van der Waals surface area contributed by atoms with E-state index in [2.05, 4.69) is 148 Å². The monoisotopic (exact) mass is 1070 g/mol. The van der Waals surface area contributed by atoms with E-state index < -0.39 is 67.3 Å². The van der Waals surface area contributed by atoms with Crippen LogP contribution in [0.2, 0.25) is 0 Å². The van der Waals surface area contributed by atoms with Gasteiger partial charge in [-0.25, -0.2) is 4.79 Å². The lowest BCUT2D eigenvalue weighted by Gasteiger charge is -2.40. The molecule has 6 atom stereocenters. The Kier molecular flexibility index (Phi) is 46.8. The molecule has 0 aromatic heterocycles. The van der Waals surface area contributed by atoms with E-state index in [1.54, 1.807) is 0 Å². The van der Waals surface area contributed by atoms with E-state index in [1.165, 1.54) is 12.8 Å². The molecule has 1 fully saturated rings. The molecule has 1 rings (SSSR count). The number of aliphatic hydroxyl groups excluding tert-OH is 2. The zero-order valence-electron chi connectivity index (χ0n) is 47.4. The van der Waals surface area contributed by atoms with E-state index in [9.17, 15) is 34.5 Å². The molecule has 0 aliphatic carbocycles. The fraction of sp³-hybridized carbons (Fsp3) is 0.600. The number of unbranched alkanes of at least 4 members (excludes halogenated alkanes) is 11. The Morgan fingerprint density at radius 1 is 0.442 bits per heavy atom. The second kappa shape index (κ2) is 51.6. The summed E-state index contributed by atoms with van der Waals surface area (Å²) in [7, 11) is 0. The number of hydrogen-bond donors (Lipinski definition) is 3. The van der Waals surface area contributed by atoms with Crippen LogP contribution in [0.1, 0.15) is 201 Å². The summed E-state index contributed by atoms with van der Waals surface area (Å²) in [6.45, 7) is 5.63. The van der Waals surface area contributed by atoms with Crippen LogP contribution in [0.4, 0.5) is 0 Å². The molecule has 6 unspecified atom stereocenters. The summed E-state index contributed by atoms with van der Waals surface area (Å²) >= 11 is 0. The zero-order chi connectivity index (χ0) is 56.1. The Labute approximate surface area is 464 Å². The molecule has 1 aliphatic rings. The van der Waals surface area contributed by atoms with Crippen LogP contribution in [0.3, 0.4) is 0 Å². The molecule has 3 N–H and O–H groups in total. The van der Waals surface area contributed by atoms with Gasteiger partial charge in [-0.15, -0.1) is 0 Å². The van der Waals surface area contributed by atoms with Crippen LogP contribution in [-0.2, 0) is 42.9 Å². The standard InChI is InChI=1S/C65H100O12/c1-4-7-10-13-16-19-22-24-26-28-29-31-33-35-38-41-44-47-50-53-59(68)76-63-61(70)60(69)62(64(71)72)77-65(63)74-55-56(75-58(67)52-49-46-43-40-36-21-18-15-12-9-6-3)54-73-57(66)51-48-45-42-39-37-34-32-30-27-25-23-20-17-14-11-8-5-2/h7-8,10-11,15-20,24-27,29,31-32,34-35,38-39,42,56,60-63,65,69-70H,4-6,9,12-14,21-23,28,30,33,36-37,40-41,43-55H2,1-3H3,(H,71,72)/b10-7-,11-8-,18-15-,19-16-,20-17-,26-24-,27-25-,31-29-,34-32-,38-35-,42-39-. The molecule has 1 aliphatic heterocycles. The minimum absolute atomic E-state index is 0.00737. The van der Waals surface area contributed by atoms with Crippen molar-refractivity contribution in [1.82, 2.24) is 0 Å². The lowest BCUT2D eigenvalue weighted by molar-refractivity contribution is -0.301. The maximum Gasteiger partial charge on any atom is 0.335 e. The molecule has 0 aromatic carbocycles. The molecule has 0 amide bonds. The largest absolute Gasteiger partial charge is 0.479 e. The number of ether oxygens (including phenoxy) is 5. The van der Waals surface area contributed by atoms with Crippen LogP contribution in [-0.4, -0.2) is 89.2 Å². The first-order valence-electron chi connectivity index (χ1n) is 29.2. The van der Waals surface area contributed by atoms with Crippen LogP contribution >= 0.6 is 0 Å². The van der Waals surface area contributed by atoms with Gasteiger partial charge in [-0.05, 0) is 122 Å². The molecule has 0 radical (unpaired) electrons. The van der Waals surface area contributed by atoms with Gasteiger partial charge < -0.3 is 39.0 Å². The highest BCUT2D eigenvalue weighted by Crippen LogP contribution is 2.26. The molecular formula is C65H100O12. The Bertz CT molecular complexity index is 1850. The van der Waals surface area contributed by atoms with Crippen molar-refractivity contribution in [1.29, 1.82) is 0 Å². The smallest absolute Gasteiger partial charge is 0.335 e. The molecule has 432 valence electrons. The first-order chi connectivity index (χ1) is 37.6. The summed E-state index contributed by atoms with van der Waals surface area (Å²) in [6, 6.07) is 0. The van der Waals surface area contributed by atoms with Crippen LogP contribution in [0.25, 0.3) is 0 Å². The SMILES string of the molecule is CC/C=C\C/C=C\C/C=C\C/C=C\C/C=C\CCCCCC(=O)OC1C(OCC(COC(=O)CCC/C=C\C/C=C\C/C=C\C/C=C\C/C=C\CC)OC(=O)CCCCCCC/C=C\CCCC)OC(C(=O)O)C(O)C1O. The summed E-state index contributed by atoms with van der Waals surface area (Å²) < 4.78 is 28.3. The second-order valence-corrected chi connectivity index (χ2v) is 19.2. The number of aliphatic carboxylic acids is 1. The second-order valence-electron chi connectivity index (χ2n) is 19.2. The van der Waals surface area contributed by atoms with E-state index in [1.807, 2.05) is 6.08 Å². The van der Waals surface area contributed by atoms with Gasteiger partial charge in [0.1, 0.15) is 18.8 Å². The van der Waals surface area contributed by atoms with E-state index in [0.717, 1.165) is 122 Å². The topological polar surface area (TPSA) is 175 Å². The molecule has 0 aromatic rings. The third-order valence-electron chi connectivity index (χ3n) is 12.2. The quantitative estimate of drug-likeness (QED) is 0.0228. The Morgan fingerprint density at radius 2 is 0.831 bits per heavy atom. The summed E-state index contributed by atoms with van der Waals surface area (Å²) in [4.78, 5) is 51.1. The molecule has 12 nitrogen and oxygen atoms in total. The normalized spacial score (nSPS) is 19.0. The fourth-order valence-corrected chi connectivity index (χ4v) is 7.76. The van der Waals surface area contributed by atoms with Gasteiger partial charge in [0.05, 0.1) is 6.61 Å². The lowest BCUT2D eigenvalue weighted by atomic mass is 9.98. The molecule has 77 heavy (non-hydrogen) atoms. The minimum atomic E-state index is -1.93. The number of aliphatic hydroxyl groups is 2. The van der Waals surface area contributed by atoms with Crippen molar-refractivity contribution in [2.75, 3.05) is 13.2 Å². The number of carbonyl (C=O) groups excluding carboxylic acids is 3. The van der Waals surface area contributed by atoms with Crippen molar-refractivity contribution in [3.63, 3.8) is 0 Å². The predicted molar refractivity (Wildman–Crippen MR) is 312 cm³/mol. The Balaban J connectivity index is 2.74. The Hall–Kier alpha value is -5.14. The number of hydrogen-bond acceptors (Lipinski definition) is 11. The molecule has 1 heterocycles. The first-order valence-corrected chi connectivity index (χ1v) is 29.2. The Morgan fingerprint density at radius 3 is 1.31 bits per heavy atom. The highest BCUT2D eigenvalue weighted by Gasteiger charge is 2.50. The highest BCUT2D eigenvalue weighted by molar-refractivity contribution is 5.74. The number of esters is 3. The highest BCUT2D eigenvalue weighted by atomic mass is 16.7. The molecule has 12 heteroatoms. The number of rotatable bonds is 47. The summed E-state index contributed by atoms with van der Waals surface area (Å²) in [5.41, 5.74) is 0. The van der Waals surface area contributed by atoms with E-state index in [4.69, 9.17) is 23.7 Å². The van der Waals surface area contributed by atoms with Gasteiger partial charge in [0.25, 0.3) is 0 Å². The number of carbonyl (C=O) groups is 4. The van der Waals surface area contributed by atoms with Crippen molar-refractivity contribution in [3.05, 3.63) is 134 Å². The molecule has 0 bridgehead atoms. The van der Waals surface area contributed by atoms with Crippen molar-refractivity contribution in [2.45, 2.75) is 237 Å². The van der Waals surface area contributed by atoms with E-state index >= 15 is 0 Å². The van der Waals surface area contributed by atoms with Gasteiger partial charge in [-0.3, -0.25) is 14.4 Å². The van der Waals surface area contributed by atoms with Crippen molar-refractivity contribution >= 4 is 23.9 Å². The van der Waals surface area contributed by atoms with Crippen LogP contribution in [0.5, 0.6) is 0 Å². The summed E-state index contributed by atoms with van der Waals surface area (Å²) in [5, 5.41) is 31.5. The van der Waals surface area contributed by atoms with Gasteiger partial charge in [0, 0.05) is 19.3 Å². The van der Waals surface area contributed by atoms with Crippen molar-refractivity contribution in [3.8, 4) is 0 Å². The fourth-order valence-electron chi connectivity index (χ4n) is 7.76. The van der Waals surface area contributed by atoms with Crippen molar-refractivity contribution < 1.29 is 58.2 Å². The van der Waals surface area contributed by atoms with Gasteiger partial charge >= 0.3 is 23.9 Å². The maximum absolute atomic E-state index is 13.1. The van der Waals surface area contributed by atoms with Gasteiger partial charge in [-0.1, -0.05) is 193 Å². The summed E-state index contributed by atoms with van der Waals surface area (Å²) in [6.07, 6.45) is 60.0. The maximum atomic E-state index is 13.1. The van der Waals surface area contributed by atoms with E-state index in [-0.39, 0.29) is 25.9 Å². The predicted octanol–water partition coefficient (Wildman–Crippen LogP) is 15.0. The lowest BCUT2D eigenvalue weighted by Crippen LogP contribution is -2.61. The number of carboxylic acid groups (broad SMARTS) is 1. The molecule has 0 saturated carbocycles. The van der Waals surface area contributed by atoms with Crippen molar-refractivity contribution in [2.24, 2.45) is 0 Å². The third-order valence-corrected chi connectivity index (χ3v) is 12.2. The average molecular weight is 1070 g/mol.